The highest BCUT2D eigenvalue weighted by molar-refractivity contribution is 7.91. The number of rotatable bonds is 4. The van der Waals surface area contributed by atoms with Crippen molar-refractivity contribution < 1.29 is 13.2 Å². The third kappa shape index (κ3) is 4.02. The maximum Gasteiger partial charge on any atom is 0.179 e. The minimum absolute atomic E-state index is 0.0168. The molecule has 1 aromatic rings. The molecule has 0 N–H and O–H groups in total. The van der Waals surface area contributed by atoms with Crippen molar-refractivity contribution in [2.45, 2.75) is 11.0 Å². The second-order valence-electron chi connectivity index (χ2n) is 4.74. The van der Waals surface area contributed by atoms with E-state index in [1.807, 2.05) is 17.0 Å². The van der Waals surface area contributed by atoms with Gasteiger partial charge in [0.05, 0.1) is 35.0 Å². The number of nitriles is 2. The number of hydrogen-bond acceptors (Lipinski definition) is 6. The fourth-order valence-corrected chi connectivity index (χ4v) is 3.37. The van der Waals surface area contributed by atoms with Crippen LogP contribution in [0.4, 0.5) is 0 Å². The van der Waals surface area contributed by atoms with Crippen LogP contribution < -0.4 is 0 Å². The molecule has 0 radical (unpaired) electrons. The number of nitrogens with zero attached hydrogens (tertiary/aromatic N) is 3. The molecule has 0 bridgehead atoms. The molecule has 1 atom stereocenters. The Bertz CT molecular complexity index is 671. The largest absolute Gasteiger partial charge is 0.361 e. The Morgan fingerprint density at radius 1 is 1.29 bits per heavy atom. The summed E-state index contributed by atoms with van der Waals surface area (Å²) in [4.78, 5) is 2.13. The SMILES string of the molecule is N#Cc1ccc(S(=O)(=O)CCN2CCOC(C#N)C2)cc1. The zero-order chi connectivity index (χ0) is 15.3. The average molecular weight is 305 g/mol. The third-order valence-corrected chi connectivity index (χ3v) is 5.02. The molecule has 0 aliphatic carbocycles. The molecule has 7 heteroatoms. The molecule has 0 aromatic heterocycles. The van der Waals surface area contributed by atoms with E-state index in [0.29, 0.717) is 31.8 Å². The summed E-state index contributed by atoms with van der Waals surface area (Å²) in [6, 6.07) is 9.87. The lowest BCUT2D eigenvalue weighted by atomic mass is 10.2. The first-order valence-electron chi connectivity index (χ1n) is 6.51. The Hall–Kier alpha value is -1.93. The second-order valence-corrected chi connectivity index (χ2v) is 6.85. The van der Waals surface area contributed by atoms with Crippen molar-refractivity contribution in [3.8, 4) is 12.1 Å². The molecular formula is C14H15N3O3S. The van der Waals surface area contributed by atoms with Crippen LogP contribution in [0.3, 0.4) is 0 Å². The van der Waals surface area contributed by atoms with Crippen LogP contribution in [0, 0.1) is 22.7 Å². The van der Waals surface area contributed by atoms with E-state index in [0.717, 1.165) is 0 Å². The molecule has 1 saturated heterocycles. The van der Waals surface area contributed by atoms with Gasteiger partial charge in [-0.15, -0.1) is 0 Å². The van der Waals surface area contributed by atoms with Gasteiger partial charge >= 0.3 is 0 Å². The Morgan fingerprint density at radius 2 is 2.00 bits per heavy atom. The van der Waals surface area contributed by atoms with E-state index in [4.69, 9.17) is 15.3 Å². The summed E-state index contributed by atoms with van der Waals surface area (Å²) in [6.07, 6.45) is -0.489. The van der Waals surface area contributed by atoms with Gasteiger partial charge in [-0.3, -0.25) is 4.90 Å². The van der Waals surface area contributed by atoms with Crippen molar-refractivity contribution in [2.24, 2.45) is 0 Å². The zero-order valence-electron chi connectivity index (χ0n) is 11.4. The van der Waals surface area contributed by atoms with Crippen molar-refractivity contribution in [3.63, 3.8) is 0 Å². The number of ether oxygens (including phenoxy) is 1. The van der Waals surface area contributed by atoms with E-state index < -0.39 is 15.9 Å². The molecular weight excluding hydrogens is 290 g/mol. The first kappa shape index (κ1) is 15.5. The highest BCUT2D eigenvalue weighted by Crippen LogP contribution is 2.13. The summed E-state index contributed by atoms with van der Waals surface area (Å²) in [5, 5.41) is 17.5. The first-order valence-corrected chi connectivity index (χ1v) is 8.17. The first-order chi connectivity index (χ1) is 10.0. The molecule has 1 aromatic carbocycles. The van der Waals surface area contributed by atoms with Gasteiger partial charge in [-0.05, 0) is 24.3 Å². The van der Waals surface area contributed by atoms with Crippen LogP contribution in [-0.4, -0.2) is 51.4 Å². The Labute approximate surface area is 124 Å². The van der Waals surface area contributed by atoms with Crippen LogP contribution >= 0.6 is 0 Å². The molecule has 0 spiro atoms. The Morgan fingerprint density at radius 3 is 2.62 bits per heavy atom. The van der Waals surface area contributed by atoms with E-state index in [9.17, 15) is 8.42 Å². The maximum absolute atomic E-state index is 12.2. The van der Waals surface area contributed by atoms with E-state index in [1.165, 1.54) is 24.3 Å². The normalized spacial score (nSPS) is 19.6. The van der Waals surface area contributed by atoms with Gasteiger partial charge in [0.2, 0.25) is 0 Å². The van der Waals surface area contributed by atoms with Crippen LogP contribution in [0.15, 0.2) is 29.2 Å². The van der Waals surface area contributed by atoms with Crippen LogP contribution in [0.5, 0.6) is 0 Å². The predicted molar refractivity (Wildman–Crippen MR) is 75.0 cm³/mol. The van der Waals surface area contributed by atoms with E-state index in [-0.39, 0.29) is 10.6 Å². The number of sulfone groups is 1. The monoisotopic (exact) mass is 305 g/mol. The number of benzene rings is 1. The van der Waals surface area contributed by atoms with Crippen LogP contribution in [0.2, 0.25) is 0 Å². The molecule has 1 unspecified atom stereocenters. The molecule has 1 heterocycles. The summed E-state index contributed by atoms with van der Waals surface area (Å²) in [6.45, 7) is 1.86. The fraction of sp³-hybridized carbons (Fsp3) is 0.429. The summed E-state index contributed by atoms with van der Waals surface area (Å²) < 4.78 is 29.7. The van der Waals surface area contributed by atoms with Gasteiger partial charge in [0.1, 0.15) is 0 Å². The molecule has 0 amide bonds. The summed E-state index contributed by atoms with van der Waals surface area (Å²) in [5.74, 6) is -0.0168. The summed E-state index contributed by atoms with van der Waals surface area (Å²) in [5.41, 5.74) is 0.430. The molecule has 2 rings (SSSR count). The topological polar surface area (TPSA) is 94.2 Å². The summed E-state index contributed by atoms with van der Waals surface area (Å²) in [7, 11) is -3.38. The second kappa shape index (κ2) is 6.68. The minimum atomic E-state index is -3.38. The van der Waals surface area contributed by atoms with Crippen molar-refractivity contribution in [3.05, 3.63) is 29.8 Å². The highest BCUT2D eigenvalue weighted by Gasteiger charge is 2.22. The van der Waals surface area contributed by atoms with Gasteiger partial charge in [0.15, 0.2) is 15.9 Å². The van der Waals surface area contributed by atoms with Crippen molar-refractivity contribution in [1.82, 2.24) is 4.90 Å². The Balaban J connectivity index is 1.98. The minimum Gasteiger partial charge on any atom is -0.361 e. The van der Waals surface area contributed by atoms with E-state index in [1.54, 1.807) is 0 Å². The molecule has 21 heavy (non-hydrogen) atoms. The quantitative estimate of drug-likeness (QED) is 0.806. The van der Waals surface area contributed by atoms with Crippen LogP contribution in [0.25, 0.3) is 0 Å². The van der Waals surface area contributed by atoms with Crippen LogP contribution in [0.1, 0.15) is 5.56 Å². The maximum atomic E-state index is 12.2. The third-order valence-electron chi connectivity index (χ3n) is 3.31. The average Bonchev–Trinajstić information content (AvgIpc) is 2.53. The lowest BCUT2D eigenvalue weighted by Gasteiger charge is -2.29. The molecule has 1 fully saturated rings. The Kier molecular flexibility index (Phi) is 4.92. The van der Waals surface area contributed by atoms with Gasteiger partial charge in [-0.25, -0.2) is 8.42 Å². The fourth-order valence-electron chi connectivity index (χ4n) is 2.09. The van der Waals surface area contributed by atoms with Crippen molar-refractivity contribution >= 4 is 9.84 Å². The van der Waals surface area contributed by atoms with Gasteiger partial charge in [0.25, 0.3) is 0 Å². The molecule has 1 aliphatic rings. The highest BCUT2D eigenvalue weighted by atomic mass is 32.2. The number of morpholine rings is 1. The van der Waals surface area contributed by atoms with Crippen LogP contribution in [-0.2, 0) is 14.6 Å². The number of hydrogen-bond donors (Lipinski definition) is 0. The van der Waals surface area contributed by atoms with Gasteiger partial charge in [0, 0.05) is 19.6 Å². The summed E-state index contributed by atoms with van der Waals surface area (Å²) >= 11 is 0. The molecule has 1 aliphatic heterocycles. The van der Waals surface area contributed by atoms with E-state index in [2.05, 4.69) is 0 Å². The smallest absolute Gasteiger partial charge is 0.179 e. The lowest BCUT2D eigenvalue weighted by molar-refractivity contribution is 0.00297. The predicted octanol–water partition coefficient (Wildman–Crippen LogP) is 0.556. The standard InChI is InChI=1S/C14H15N3O3S/c15-9-12-1-3-14(4-2-12)21(18,19)8-6-17-5-7-20-13(10-16)11-17/h1-4,13H,5-8,11H2. The van der Waals surface area contributed by atoms with Crippen molar-refractivity contribution in [1.29, 1.82) is 10.5 Å². The van der Waals surface area contributed by atoms with Gasteiger partial charge in [-0.2, -0.15) is 10.5 Å². The zero-order valence-corrected chi connectivity index (χ0v) is 12.2. The van der Waals surface area contributed by atoms with E-state index >= 15 is 0 Å². The lowest BCUT2D eigenvalue weighted by Crippen LogP contribution is -2.43. The van der Waals surface area contributed by atoms with Crippen molar-refractivity contribution in [2.75, 3.05) is 32.0 Å². The molecule has 6 nitrogen and oxygen atoms in total. The molecule has 110 valence electrons. The van der Waals surface area contributed by atoms with Gasteiger partial charge in [-0.1, -0.05) is 0 Å². The molecule has 0 saturated carbocycles. The van der Waals surface area contributed by atoms with Gasteiger partial charge < -0.3 is 4.74 Å².